The molecule has 0 aliphatic rings. The first-order valence-corrected chi connectivity index (χ1v) is 9.29. The van der Waals surface area contributed by atoms with Crippen molar-refractivity contribution in [2.24, 2.45) is 0 Å². The Morgan fingerprint density at radius 3 is 2.54 bits per heavy atom. The molecule has 2 aromatic heterocycles. The van der Waals surface area contributed by atoms with Crippen LogP contribution in [0.1, 0.15) is 22.5 Å². The van der Waals surface area contributed by atoms with E-state index in [9.17, 15) is 0 Å². The highest BCUT2D eigenvalue weighted by atomic mass is 79.9. The normalized spacial score (nSPS) is 11.5. The molecule has 0 aliphatic heterocycles. The first-order valence-electron chi connectivity index (χ1n) is 8.49. The second-order valence-corrected chi connectivity index (χ2v) is 7.20. The maximum absolute atomic E-state index is 4.79. The van der Waals surface area contributed by atoms with Crippen molar-refractivity contribution in [1.82, 2.24) is 14.5 Å². The number of pyridine rings is 1. The van der Waals surface area contributed by atoms with Crippen molar-refractivity contribution >= 4 is 39.2 Å². The van der Waals surface area contributed by atoms with Crippen molar-refractivity contribution in [2.45, 2.75) is 13.5 Å². The van der Waals surface area contributed by atoms with Gasteiger partial charge < -0.3 is 4.57 Å². The number of hydrogen-bond donors (Lipinski definition) is 0. The van der Waals surface area contributed by atoms with Gasteiger partial charge in [-0.1, -0.05) is 66.2 Å². The number of halogens is 1. The number of nitrogens with zero attached hydrogens (tertiary/aromatic N) is 3. The van der Waals surface area contributed by atoms with E-state index in [1.54, 1.807) is 0 Å². The minimum Gasteiger partial charge on any atom is -0.305 e. The summed E-state index contributed by atoms with van der Waals surface area (Å²) in [5.41, 5.74) is 5.41. The van der Waals surface area contributed by atoms with E-state index >= 15 is 0 Å². The topological polar surface area (TPSA) is 30.7 Å². The number of aromatic nitrogens is 3. The summed E-state index contributed by atoms with van der Waals surface area (Å²) in [5.74, 6) is 0.898. The smallest absolute Gasteiger partial charge is 0.160 e. The van der Waals surface area contributed by atoms with Crippen LogP contribution in [0.15, 0.2) is 71.3 Å². The molecule has 0 saturated heterocycles. The second kappa shape index (κ2) is 7.26. The lowest BCUT2D eigenvalue weighted by atomic mass is 10.1. The monoisotopic (exact) mass is 403 g/mol. The molecule has 4 aromatic rings. The van der Waals surface area contributed by atoms with Crippen molar-refractivity contribution < 1.29 is 0 Å². The van der Waals surface area contributed by atoms with Gasteiger partial charge >= 0.3 is 0 Å². The van der Waals surface area contributed by atoms with Crippen LogP contribution < -0.4 is 0 Å². The molecule has 4 heteroatoms. The zero-order valence-corrected chi connectivity index (χ0v) is 16.0. The van der Waals surface area contributed by atoms with Gasteiger partial charge in [-0.05, 0) is 46.1 Å². The average Bonchev–Trinajstić information content (AvgIpc) is 2.98. The Hall–Kier alpha value is -2.72. The Morgan fingerprint density at radius 1 is 1.00 bits per heavy atom. The molecule has 0 N–H and O–H groups in total. The standard InChI is InChI=1S/C22H18BrN3/c1-16-7-9-17(10-8-16)11-12-21-25-20-13-19(23)14-24-22(20)26(21)15-18-5-3-2-4-6-18/h2-14H,15H2,1H3/b12-11+. The molecule has 0 fully saturated rings. The Bertz CT molecular complexity index is 1060. The lowest BCUT2D eigenvalue weighted by Gasteiger charge is -2.06. The molecule has 0 saturated carbocycles. The molecule has 0 radical (unpaired) electrons. The summed E-state index contributed by atoms with van der Waals surface area (Å²) in [7, 11) is 0. The maximum Gasteiger partial charge on any atom is 0.160 e. The Kier molecular flexibility index (Phi) is 4.67. The Balaban J connectivity index is 1.77. The highest BCUT2D eigenvalue weighted by Crippen LogP contribution is 2.21. The molecule has 0 spiro atoms. The van der Waals surface area contributed by atoms with E-state index in [-0.39, 0.29) is 0 Å². The molecule has 0 unspecified atom stereocenters. The maximum atomic E-state index is 4.79. The zero-order chi connectivity index (χ0) is 17.9. The van der Waals surface area contributed by atoms with Crippen LogP contribution in [0.2, 0.25) is 0 Å². The van der Waals surface area contributed by atoms with E-state index in [1.807, 2.05) is 18.3 Å². The van der Waals surface area contributed by atoms with Gasteiger partial charge in [-0.25, -0.2) is 9.97 Å². The van der Waals surface area contributed by atoms with Gasteiger partial charge in [0, 0.05) is 10.7 Å². The van der Waals surface area contributed by atoms with Crippen molar-refractivity contribution in [2.75, 3.05) is 0 Å². The highest BCUT2D eigenvalue weighted by molar-refractivity contribution is 9.10. The van der Waals surface area contributed by atoms with Crippen LogP contribution in [0, 0.1) is 6.92 Å². The average molecular weight is 404 g/mol. The Labute approximate surface area is 161 Å². The van der Waals surface area contributed by atoms with Crippen LogP contribution in [0.3, 0.4) is 0 Å². The van der Waals surface area contributed by atoms with Crippen LogP contribution in [0.25, 0.3) is 23.3 Å². The molecule has 128 valence electrons. The molecule has 0 amide bonds. The lowest BCUT2D eigenvalue weighted by Crippen LogP contribution is -2.03. The quantitative estimate of drug-likeness (QED) is 0.436. The summed E-state index contributed by atoms with van der Waals surface area (Å²) in [6, 6.07) is 20.9. The lowest BCUT2D eigenvalue weighted by molar-refractivity contribution is 0.804. The fraction of sp³-hybridized carbons (Fsp3) is 0.0909. The van der Waals surface area contributed by atoms with Crippen molar-refractivity contribution in [3.8, 4) is 0 Å². The summed E-state index contributed by atoms with van der Waals surface area (Å²) in [6.07, 6.45) is 5.97. The number of rotatable bonds is 4. The van der Waals surface area contributed by atoms with E-state index in [2.05, 4.69) is 93.1 Å². The van der Waals surface area contributed by atoms with E-state index in [1.165, 1.54) is 11.1 Å². The predicted molar refractivity (Wildman–Crippen MR) is 111 cm³/mol. The third-order valence-electron chi connectivity index (χ3n) is 4.27. The SMILES string of the molecule is Cc1ccc(/C=C/c2nc3cc(Br)cnc3n2Cc2ccccc2)cc1. The molecule has 0 atom stereocenters. The van der Waals surface area contributed by atoms with E-state index in [4.69, 9.17) is 4.98 Å². The molecule has 3 nitrogen and oxygen atoms in total. The second-order valence-electron chi connectivity index (χ2n) is 6.28. The van der Waals surface area contributed by atoms with Crippen LogP contribution in [0.4, 0.5) is 0 Å². The van der Waals surface area contributed by atoms with E-state index < -0.39 is 0 Å². The van der Waals surface area contributed by atoms with Gasteiger partial charge in [-0.2, -0.15) is 0 Å². The van der Waals surface area contributed by atoms with Crippen molar-refractivity contribution in [3.63, 3.8) is 0 Å². The first kappa shape index (κ1) is 16.7. The van der Waals surface area contributed by atoms with Crippen molar-refractivity contribution in [1.29, 1.82) is 0 Å². The van der Waals surface area contributed by atoms with Crippen LogP contribution >= 0.6 is 15.9 Å². The number of hydrogen-bond acceptors (Lipinski definition) is 2. The number of fused-ring (bicyclic) bond motifs is 1. The van der Waals surface area contributed by atoms with Gasteiger partial charge in [0.05, 0.1) is 6.54 Å². The molecular weight excluding hydrogens is 386 g/mol. The number of imidazole rings is 1. The third-order valence-corrected chi connectivity index (χ3v) is 4.70. The molecule has 2 aromatic carbocycles. The summed E-state index contributed by atoms with van der Waals surface area (Å²) in [5, 5.41) is 0. The van der Waals surface area contributed by atoms with Crippen molar-refractivity contribution in [3.05, 3.63) is 93.8 Å². The summed E-state index contributed by atoms with van der Waals surface area (Å²) < 4.78 is 3.09. The largest absolute Gasteiger partial charge is 0.305 e. The van der Waals surface area contributed by atoms with E-state index in [0.717, 1.165) is 33.6 Å². The van der Waals surface area contributed by atoms with Crippen LogP contribution in [-0.4, -0.2) is 14.5 Å². The number of aryl methyl sites for hydroxylation is 1. The molecule has 4 rings (SSSR count). The summed E-state index contributed by atoms with van der Waals surface area (Å²) >= 11 is 3.49. The van der Waals surface area contributed by atoms with Gasteiger partial charge in [0.1, 0.15) is 11.3 Å². The molecule has 26 heavy (non-hydrogen) atoms. The molecule has 0 bridgehead atoms. The van der Waals surface area contributed by atoms with E-state index in [0.29, 0.717) is 0 Å². The highest BCUT2D eigenvalue weighted by Gasteiger charge is 2.11. The molecule has 2 heterocycles. The summed E-state index contributed by atoms with van der Waals surface area (Å²) in [6.45, 7) is 2.83. The Morgan fingerprint density at radius 2 is 1.77 bits per heavy atom. The fourth-order valence-corrected chi connectivity index (χ4v) is 3.22. The number of benzene rings is 2. The van der Waals surface area contributed by atoms with Gasteiger partial charge in [-0.3, -0.25) is 0 Å². The zero-order valence-electron chi connectivity index (χ0n) is 14.4. The summed E-state index contributed by atoms with van der Waals surface area (Å²) in [4.78, 5) is 9.37. The van der Waals surface area contributed by atoms with Gasteiger partial charge in [0.2, 0.25) is 0 Å². The van der Waals surface area contributed by atoms with Crippen LogP contribution in [-0.2, 0) is 6.54 Å². The fourth-order valence-electron chi connectivity index (χ4n) is 2.90. The predicted octanol–water partition coefficient (Wildman–Crippen LogP) is 5.72. The molecular formula is C22H18BrN3. The molecule has 0 aliphatic carbocycles. The minimum atomic E-state index is 0.736. The van der Waals surface area contributed by atoms with Gasteiger partial charge in [0.25, 0.3) is 0 Å². The third kappa shape index (κ3) is 3.60. The minimum absolute atomic E-state index is 0.736. The first-order chi connectivity index (χ1) is 12.7. The van der Waals surface area contributed by atoms with Crippen LogP contribution in [0.5, 0.6) is 0 Å². The van der Waals surface area contributed by atoms with Gasteiger partial charge in [-0.15, -0.1) is 0 Å². The van der Waals surface area contributed by atoms with Gasteiger partial charge in [0.15, 0.2) is 5.65 Å².